The van der Waals surface area contributed by atoms with Crippen molar-refractivity contribution in [1.29, 1.82) is 0 Å². The monoisotopic (exact) mass is 500 g/mol. The highest BCUT2D eigenvalue weighted by Crippen LogP contribution is 2.20. The molecule has 4 N–H and O–H groups in total. The molecule has 0 unspecified atom stereocenters. The van der Waals surface area contributed by atoms with Gasteiger partial charge in [-0.05, 0) is 42.0 Å². The SMILES string of the molecule is O=C(NNC(=O)c1c[nH]c2ccccc12)c1ccc(CNS(=O)(=O)c2ccc(F)c(Cl)c2)cc1. The van der Waals surface area contributed by atoms with Crippen molar-refractivity contribution in [3.63, 3.8) is 0 Å². The molecule has 0 bridgehead atoms. The van der Waals surface area contributed by atoms with Crippen molar-refractivity contribution in [2.75, 3.05) is 0 Å². The number of carbonyl (C=O) groups excluding carboxylic acids is 2. The largest absolute Gasteiger partial charge is 0.360 e. The fourth-order valence-electron chi connectivity index (χ4n) is 3.19. The molecule has 0 aliphatic carbocycles. The molecule has 1 heterocycles. The van der Waals surface area contributed by atoms with E-state index in [0.29, 0.717) is 11.1 Å². The molecule has 0 aliphatic rings. The van der Waals surface area contributed by atoms with E-state index in [2.05, 4.69) is 20.6 Å². The lowest BCUT2D eigenvalue weighted by atomic mass is 10.1. The molecule has 8 nitrogen and oxygen atoms in total. The third-order valence-corrected chi connectivity index (χ3v) is 6.70. The topological polar surface area (TPSA) is 120 Å². The van der Waals surface area contributed by atoms with Crippen molar-refractivity contribution in [1.82, 2.24) is 20.6 Å². The van der Waals surface area contributed by atoms with Crippen LogP contribution >= 0.6 is 11.6 Å². The molecule has 34 heavy (non-hydrogen) atoms. The zero-order valence-corrected chi connectivity index (χ0v) is 19.0. The predicted octanol–water partition coefficient (Wildman–Crippen LogP) is 3.51. The van der Waals surface area contributed by atoms with Gasteiger partial charge in [-0.25, -0.2) is 17.5 Å². The van der Waals surface area contributed by atoms with Gasteiger partial charge in [-0.1, -0.05) is 41.9 Å². The first-order valence-corrected chi connectivity index (χ1v) is 11.8. The summed E-state index contributed by atoms with van der Waals surface area (Å²) < 4.78 is 40.4. The highest BCUT2D eigenvalue weighted by molar-refractivity contribution is 7.89. The van der Waals surface area contributed by atoms with E-state index in [1.54, 1.807) is 24.4 Å². The number of aromatic amines is 1. The van der Waals surface area contributed by atoms with E-state index in [1.165, 1.54) is 12.1 Å². The summed E-state index contributed by atoms with van der Waals surface area (Å²) >= 11 is 5.65. The Hall–Kier alpha value is -3.73. The van der Waals surface area contributed by atoms with Crippen LogP contribution in [0.5, 0.6) is 0 Å². The van der Waals surface area contributed by atoms with Crippen LogP contribution < -0.4 is 15.6 Å². The smallest absolute Gasteiger partial charge is 0.271 e. The van der Waals surface area contributed by atoms with E-state index in [4.69, 9.17) is 11.6 Å². The number of H-pyrrole nitrogens is 1. The number of aromatic nitrogens is 1. The van der Waals surface area contributed by atoms with Gasteiger partial charge in [-0.15, -0.1) is 0 Å². The lowest BCUT2D eigenvalue weighted by Crippen LogP contribution is -2.41. The highest BCUT2D eigenvalue weighted by atomic mass is 35.5. The van der Waals surface area contributed by atoms with Crippen LogP contribution in [-0.4, -0.2) is 25.2 Å². The van der Waals surface area contributed by atoms with Crippen molar-refractivity contribution in [3.8, 4) is 0 Å². The second-order valence-electron chi connectivity index (χ2n) is 7.25. The first-order valence-electron chi connectivity index (χ1n) is 9.95. The van der Waals surface area contributed by atoms with E-state index in [9.17, 15) is 22.4 Å². The van der Waals surface area contributed by atoms with Gasteiger partial charge in [-0.2, -0.15) is 0 Å². The summed E-state index contributed by atoms with van der Waals surface area (Å²) in [6.45, 7) is -0.0590. The summed E-state index contributed by atoms with van der Waals surface area (Å²) in [5.41, 5.74) is 6.75. The Morgan fingerprint density at radius 3 is 2.38 bits per heavy atom. The maximum absolute atomic E-state index is 13.3. The third-order valence-electron chi connectivity index (χ3n) is 5.01. The number of hydrogen-bond donors (Lipinski definition) is 4. The fraction of sp³-hybridized carbons (Fsp3) is 0.0435. The predicted molar refractivity (Wildman–Crippen MR) is 125 cm³/mol. The first kappa shape index (κ1) is 23.4. The number of rotatable bonds is 6. The van der Waals surface area contributed by atoms with Crippen molar-refractivity contribution in [2.24, 2.45) is 0 Å². The van der Waals surface area contributed by atoms with Crippen LogP contribution in [0.1, 0.15) is 26.3 Å². The maximum Gasteiger partial charge on any atom is 0.271 e. The van der Waals surface area contributed by atoms with Crippen molar-refractivity contribution >= 4 is 44.3 Å². The Morgan fingerprint density at radius 2 is 1.65 bits per heavy atom. The number of nitrogens with one attached hydrogen (secondary N) is 4. The molecule has 0 spiro atoms. The number of fused-ring (bicyclic) bond motifs is 1. The highest BCUT2D eigenvalue weighted by Gasteiger charge is 2.16. The number of benzene rings is 3. The minimum atomic E-state index is -3.91. The number of halogens is 2. The summed E-state index contributed by atoms with van der Waals surface area (Å²) in [5.74, 6) is -1.73. The fourth-order valence-corrected chi connectivity index (χ4v) is 4.48. The van der Waals surface area contributed by atoms with Crippen LogP contribution in [0, 0.1) is 5.82 Å². The van der Waals surface area contributed by atoms with E-state index in [-0.39, 0.29) is 22.0 Å². The van der Waals surface area contributed by atoms with Gasteiger partial charge in [0.1, 0.15) is 5.82 Å². The van der Waals surface area contributed by atoms with Crippen LogP contribution in [0.15, 0.2) is 77.8 Å². The lowest BCUT2D eigenvalue weighted by Gasteiger charge is -2.09. The number of carbonyl (C=O) groups is 2. The van der Waals surface area contributed by atoms with Crippen molar-refractivity contribution in [3.05, 3.63) is 100 Å². The molecule has 3 aromatic carbocycles. The Balaban J connectivity index is 1.34. The first-order chi connectivity index (χ1) is 16.2. The molecule has 0 fully saturated rings. The molecule has 0 saturated carbocycles. The summed E-state index contributed by atoms with van der Waals surface area (Å²) in [6.07, 6.45) is 1.56. The van der Waals surface area contributed by atoms with Gasteiger partial charge in [0.2, 0.25) is 10.0 Å². The quantitative estimate of drug-likeness (QED) is 0.303. The van der Waals surface area contributed by atoms with Crippen LogP contribution in [0.4, 0.5) is 4.39 Å². The Kier molecular flexibility index (Phi) is 6.64. The molecular weight excluding hydrogens is 483 g/mol. The lowest BCUT2D eigenvalue weighted by molar-refractivity contribution is 0.0847. The molecule has 0 saturated heterocycles. The molecule has 0 aliphatic heterocycles. The van der Waals surface area contributed by atoms with Crippen LogP contribution in [0.25, 0.3) is 10.9 Å². The average molecular weight is 501 g/mol. The van der Waals surface area contributed by atoms with Crippen LogP contribution in [0.2, 0.25) is 5.02 Å². The molecular formula is C23H18ClFN4O4S. The number of hydrogen-bond acceptors (Lipinski definition) is 4. The summed E-state index contributed by atoms with van der Waals surface area (Å²) in [6, 6.07) is 16.5. The Morgan fingerprint density at radius 1 is 0.941 bits per heavy atom. The molecule has 174 valence electrons. The summed E-state index contributed by atoms with van der Waals surface area (Å²) in [5, 5.41) is 0.430. The van der Waals surface area contributed by atoms with E-state index >= 15 is 0 Å². The van der Waals surface area contributed by atoms with Gasteiger partial charge < -0.3 is 4.98 Å². The zero-order chi connectivity index (χ0) is 24.3. The number of amides is 2. The van der Waals surface area contributed by atoms with Gasteiger partial charge in [0.15, 0.2) is 0 Å². The molecule has 2 amide bonds. The second-order valence-corrected chi connectivity index (χ2v) is 9.43. The van der Waals surface area contributed by atoms with E-state index < -0.39 is 27.7 Å². The molecule has 1 aromatic heterocycles. The molecule has 11 heteroatoms. The third kappa shape index (κ3) is 5.09. The number of para-hydroxylation sites is 1. The minimum absolute atomic E-state index is 0.0590. The molecule has 4 aromatic rings. The normalized spacial score (nSPS) is 11.4. The molecule has 0 atom stereocenters. The molecule has 0 radical (unpaired) electrons. The van der Waals surface area contributed by atoms with Gasteiger partial charge >= 0.3 is 0 Å². The summed E-state index contributed by atoms with van der Waals surface area (Å²) in [7, 11) is -3.91. The van der Waals surface area contributed by atoms with E-state index in [0.717, 1.165) is 29.1 Å². The zero-order valence-electron chi connectivity index (χ0n) is 17.4. The van der Waals surface area contributed by atoms with Gasteiger partial charge in [0.25, 0.3) is 11.8 Å². The van der Waals surface area contributed by atoms with Gasteiger partial charge in [-0.3, -0.25) is 20.4 Å². The van der Waals surface area contributed by atoms with Crippen molar-refractivity contribution in [2.45, 2.75) is 11.4 Å². The standard InChI is InChI=1S/C23H18ClFN4O4S/c24-19-11-16(9-10-20(19)25)34(32,33)27-12-14-5-7-15(8-6-14)22(30)28-29-23(31)18-13-26-21-4-2-1-3-17(18)21/h1-11,13,26-27H,12H2,(H,28,30)(H,29,31). The summed E-state index contributed by atoms with van der Waals surface area (Å²) in [4.78, 5) is 27.6. The van der Waals surface area contributed by atoms with E-state index in [1.807, 2.05) is 18.2 Å². The second kappa shape index (κ2) is 9.64. The molecule has 4 rings (SSSR count). The van der Waals surface area contributed by atoms with Crippen molar-refractivity contribution < 1.29 is 22.4 Å². The Bertz CT molecular complexity index is 1490. The number of hydrazine groups is 1. The van der Waals surface area contributed by atoms with Crippen LogP contribution in [0.3, 0.4) is 0 Å². The van der Waals surface area contributed by atoms with Gasteiger partial charge in [0.05, 0.1) is 15.5 Å². The minimum Gasteiger partial charge on any atom is -0.360 e. The number of sulfonamides is 1. The van der Waals surface area contributed by atoms with Gasteiger partial charge in [0, 0.05) is 29.2 Å². The Labute approximate surface area is 199 Å². The maximum atomic E-state index is 13.3. The van der Waals surface area contributed by atoms with Crippen LogP contribution in [-0.2, 0) is 16.6 Å². The average Bonchev–Trinajstić information content (AvgIpc) is 3.27.